The summed E-state index contributed by atoms with van der Waals surface area (Å²) in [6, 6.07) is 0. The Morgan fingerprint density at radius 1 is 1.27 bits per heavy atom. The minimum atomic E-state index is -0.909. The van der Waals surface area contributed by atoms with E-state index in [-0.39, 0.29) is 0 Å². The Morgan fingerprint density at radius 3 is 2.47 bits per heavy atom. The molecule has 1 unspecified atom stereocenters. The van der Waals surface area contributed by atoms with Gasteiger partial charge in [0.2, 0.25) is 0 Å². The molecule has 0 bridgehead atoms. The largest absolute Gasteiger partial charge is 0.361 e. The van der Waals surface area contributed by atoms with Gasteiger partial charge in [0.15, 0.2) is 0 Å². The van der Waals surface area contributed by atoms with Gasteiger partial charge >= 0.3 is 11.8 Å². The lowest BCUT2D eigenvalue weighted by Gasteiger charge is -2.11. The zero-order valence-corrected chi connectivity index (χ0v) is 9.71. The van der Waals surface area contributed by atoms with Crippen LogP contribution in [-0.4, -0.2) is 18.4 Å². The summed E-state index contributed by atoms with van der Waals surface area (Å²) in [6.45, 7) is 4.78. The first-order valence-corrected chi connectivity index (χ1v) is 5.65. The molecule has 0 fully saturated rings. The van der Waals surface area contributed by atoms with Gasteiger partial charge in [0.1, 0.15) is 0 Å². The second-order valence-corrected chi connectivity index (χ2v) is 4.03. The SMILES string of the molecule is CCCCCCC(C)CNC(=O)C(N)=O. The number of unbranched alkanes of at least 4 members (excludes halogenated alkanes) is 3. The molecule has 0 saturated carbocycles. The maximum atomic E-state index is 10.8. The van der Waals surface area contributed by atoms with Gasteiger partial charge in [-0.2, -0.15) is 0 Å². The van der Waals surface area contributed by atoms with Crippen molar-refractivity contribution < 1.29 is 9.59 Å². The Labute approximate surface area is 91.6 Å². The number of hydrogen-bond acceptors (Lipinski definition) is 2. The van der Waals surface area contributed by atoms with E-state index in [0.29, 0.717) is 12.5 Å². The van der Waals surface area contributed by atoms with Crippen LogP contribution in [-0.2, 0) is 9.59 Å². The minimum absolute atomic E-state index is 0.408. The Hall–Kier alpha value is -1.06. The van der Waals surface area contributed by atoms with E-state index in [1.54, 1.807) is 0 Å². The van der Waals surface area contributed by atoms with Crippen molar-refractivity contribution >= 4 is 11.8 Å². The summed E-state index contributed by atoms with van der Waals surface area (Å²) in [5.74, 6) is -1.19. The van der Waals surface area contributed by atoms with Gasteiger partial charge in [-0.3, -0.25) is 9.59 Å². The Bertz CT molecular complexity index is 205. The van der Waals surface area contributed by atoms with E-state index >= 15 is 0 Å². The predicted octanol–water partition coefficient (Wildman–Crippen LogP) is 1.19. The first kappa shape index (κ1) is 13.9. The van der Waals surface area contributed by atoms with Crippen molar-refractivity contribution in [2.24, 2.45) is 11.7 Å². The standard InChI is InChI=1S/C11H22N2O2/c1-3-4-5-6-7-9(2)8-13-11(15)10(12)14/h9H,3-8H2,1-2H3,(H2,12,14)(H,13,15). The second-order valence-electron chi connectivity index (χ2n) is 4.03. The number of amides is 2. The molecule has 0 aromatic heterocycles. The van der Waals surface area contributed by atoms with Crippen LogP contribution in [0.5, 0.6) is 0 Å². The van der Waals surface area contributed by atoms with Gasteiger partial charge in [-0.25, -0.2) is 0 Å². The molecule has 0 radical (unpaired) electrons. The molecule has 0 heterocycles. The smallest absolute Gasteiger partial charge is 0.309 e. The summed E-state index contributed by atoms with van der Waals surface area (Å²) >= 11 is 0. The summed E-state index contributed by atoms with van der Waals surface area (Å²) in [5, 5.41) is 2.51. The zero-order valence-electron chi connectivity index (χ0n) is 9.71. The van der Waals surface area contributed by atoms with Gasteiger partial charge < -0.3 is 11.1 Å². The lowest BCUT2D eigenvalue weighted by molar-refractivity contribution is -0.137. The fourth-order valence-electron chi connectivity index (χ4n) is 1.38. The summed E-state index contributed by atoms with van der Waals surface area (Å²) in [5.41, 5.74) is 4.81. The first-order valence-electron chi connectivity index (χ1n) is 5.65. The molecule has 0 aromatic carbocycles. The molecule has 0 rings (SSSR count). The third-order valence-corrected chi connectivity index (χ3v) is 2.39. The molecule has 0 saturated heterocycles. The van der Waals surface area contributed by atoms with E-state index < -0.39 is 11.8 Å². The molecule has 0 aliphatic carbocycles. The average Bonchev–Trinajstić information content (AvgIpc) is 2.20. The first-order chi connectivity index (χ1) is 7.07. The summed E-state index contributed by atoms with van der Waals surface area (Å²) < 4.78 is 0. The quantitative estimate of drug-likeness (QED) is 0.493. The lowest BCUT2D eigenvalue weighted by Crippen LogP contribution is -2.38. The van der Waals surface area contributed by atoms with Crippen molar-refractivity contribution in [1.29, 1.82) is 0 Å². The van der Waals surface area contributed by atoms with Gasteiger partial charge in [0.05, 0.1) is 0 Å². The Morgan fingerprint density at radius 2 is 1.93 bits per heavy atom. The molecular formula is C11H22N2O2. The minimum Gasteiger partial charge on any atom is -0.361 e. The number of nitrogens with one attached hydrogen (secondary N) is 1. The topological polar surface area (TPSA) is 72.2 Å². The molecule has 1 atom stereocenters. The van der Waals surface area contributed by atoms with E-state index in [2.05, 4.69) is 19.2 Å². The van der Waals surface area contributed by atoms with Gasteiger partial charge in [0.25, 0.3) is 0 Å². The van der Waals surface area contributed by atoms with Gasteiger partial charge in [-0.05, 0) is 12.3 Å². The highest BCUT2D eigenvalue weighted by atomic mass is 16.2. The molecule has 2 amide bonds. The van der Waals surface area contributed by atoms with E-state index in [9.17, 15) is 9.59 Å². The third kappa shape index (κ3) is 7.97. The highest BCUT2D eigenvalue weighted by molar-refractivity contribution is 6.34. The summed E-state index contributed by atoms with van der Waals surface area (Å²) in [7, 11) is 0. The van der Waals surface area contributed by atoms with Crippen LogP contribution in [0.15, 0.2) is 0 Å². The highest BCUT2D eigenvalue weighted by Gasteiger charge is 2.09. The van der Waals surface area contributed by atoms with E-state index in [0.717, 1.165) is 6.42 Å². The fraction of sp³-hybridized carbons (Fsp3) is 0.818. The number of hydrogen-bond donors (Lipinski definition) is 2. The zero-order chi connectivity index (χ0) is 11.7. The maximum absolute atomic E-state index is 10.8. The fourth-order valence-corrected chi connectivity index (χ4v) is 1.38. The van der Waals surface area contributed by atoms with Crippen LogP contribution in [0.1, 0.15) is 46.0 Å². The van der Waals surface area contributed by atoms with Crippen LogP contribution in [0.4, 0.5) is 0 Å². The number of carbonyl (C=O) groups excluding carboxylic acids is 2. The number of rotatable bonds is 7. The normalized spacial score (nSPS) is 12.1. The van der Waals surface area contributed by atoms with Crippen LogP contribution >= 0.6 is 0 Å². The molecule has 0 aromatic rings. The number of carbonyl (C=O) groups is 2. The molecular weight excluding hydrogens is 192 g/mol. The van der Waals surface area contributed by atoms with Gasteiger partial charge in [0, 0.05) is 6.54 Å². The molecule has 0 aliphatic rings. The van der Waals surface area contributed by atoms with Gasteiger partial charge in [-0.15, -0.1) is 0 Å². The molecule has 15 heavy (non-hydrogen) atoms. The van der Waals surface area contributed by atoms with E-state index in [1.165, 1.54) is 25.7 Å². The van der Waals surface area contributed by atoms with E-state index in [1.807, 2.05) is 0 Å². The van der Waals surface area contributed by atoms with Crippen LogP contribution in [0.2, 0.25) is 0 Å². The van der Waals surface area contributed by atoms with Crippen LogP contribution in [0.3, 0.4) is 0 Å². The van der Waals surface area contributed by atoms with Crippen LogP contribution in [0.25, 0.3) is 0 Å². The third-order valence-electron chi connectivity index (χ3n) is 2.39. The molecule has 4 nitrogen and oxygen atoms in total. The number of primary amides is 1. The van der Waals surface area contributed by atoms with Crippen molar-refractivity contribution in [3.05, 3.63) is 0 Å². The monoisotopic (exact) mass is 214 g/mol. The molecule has 3 N–H and O–H groups in total. The molecule has 88 valence electrons. The van der Waals surface area contributed by atoms with Crippen LogP contribution in [0, 0.1) is 5.92 Å². The maximum Gasteiger partial charge on any atom is 0.309 e. The number of nitrogens with two attached hydrogens (primary N) is 1. The predicted molar refractivity (Wildman–Crippen MR) is 60.1 cm³/mol. The van der Waals surface area contributed by atoms with E-state index in [4.69, 9.17) is 5.73 Å². The Kier molecular flexibility index (Phi) is 7.68. The average molecular weight is 214 g/mol. The molecule has 0 aliphatic heterocycles. The second kappa shape index (κ2) is 8.26. The highest BCUT2D eigenvalue weighted by Crippen LogP contribution is 2.09. The van der Waals surface area contributed by atoms with Crippen molar-refractivity contribution in [3.8, 4) is 0 Å². The Balaban J connectivity index is 3.44. The van der Waals surface area contributed by atoms with Crippen molar-refractivity contribution in [1.82, 2.24) is 5.32 Å². The van der Waals surface area contributed by atoms with Crippen molar-refractivity contribution in [2.45, 2.75) is 46.0 Å². The summed E-state index contributed by atoms with van der Waals surface area (Å²) in [4.78, 5) is 21.3. The van der Waals surface area contributed by atoms with Gasteiger partial charge in [-0.1, -0.05) is 39.5 Å². The molecule has 4 heteroatoms. The molecule has 0 spiro atoms. The van der Waals surface area contributed by atoms with Crippen molar-refractivity contribution in [3.63, 3.8) is 0 Å². The lowest BCUT2D eigenvalue weighted by atomic mass is 10.0. The van der Waals surface area contributed by atoms with Crippen LogP contribution < -0.4 is 11.1 Å². The van der Waals surface area contributed by atoms with Crippen molar-refractivity contribution in [2.75, 3.05) is 6.54 Å². The summed E-state index contributed by atoms with van der Waals surface area (Å²) in [6.07, 6.45) is 6.00.